The van der Waals surface area contributed by atoms with Crippen molar-refractivity contribution < 1.29 is 80.2 Å². The molecule has 3 N–H and O–H groups in total. The SMILES string of the molecule is CC/C=C\C/C=C\C/C=C\C/C=C\CCCCCCCCC(=O)OCC(COP(=O)(O)OCC(O)COP(=O)(O)OCC(COC(=O)CCCCCCC/C=C\CCCCCCCC)OC(=O)CCCCCCCCCCCCC)OC(=O)CCCC/C=C\C/C=C\C/C=C\C/C=C\CC. The summed E-state index contributed by atoms with van der Waals surface area (Å²) in [7, 11) is -9.96. The van der Waals surface area contributed by atoms with Crippen molar-refractivity contribution in [1.29, 1.82) is 0 Å². The molecule has 100 heavy (non-hydrogen) atoms. The molecule has 5 atom stereocenters. The molecule has 0 heterocycles. The van der Waals surface area contributed by atoms with Gasteiger partial charge in [-0.25, -0.2) is 9.13 Å². The fourth-order valence-corrected chi connectivity index (χ4v) is 11.9. The number of carbonyl (C=O) groups is 4. The number of phosphoric acid groups is 2. The van der Waals surface area contributed by atoms with Crippen molar-refractivity contribution in [3.05, 3.63) is 109 Å². The lowest BCUT2D eigenvalue weighted by molar-refractivity contribution is -0.161. The highest BCUT2D eigenvalue weighted by Crippen LogP contribution is 2.45. The monoisotopic (exact) mass is 1450 g/mol. The van der Waals surface area contributed by atoms with Crippen molar-refractivity contribution in [3.63, 3.8) is 0 Å². The summed E-state index contributed by atoms with van der Waals surface area (Å²) >= 11 is 0. The molecule has 0 fully saturated rings. The molecule has 0 aliphatic rings. The topological polar surface area (TPSA) is 237 Å². The zero-order valence-corrected chi connectivity index (χ0v) is 64.6. The summed E-state index contributed by atoms with van der Waals surface area (Å²) < 4.78 is 68.5. The summed E-state index contributed by atoms with van der Waals surface area (Å²) in [5.41, 5.74) is 0. The van der Waals surface area contributed by atoms with E-state index in [2.05, 4.69) is 137 Å². The number of allylic oxidation sites excluding steroid dienone is 18. The Morgan fingerprint density at radius 1 is 0.290 bits per heavy atom. The number of phosphoric ester groups is 2. The van der Waals surface area contributed by atoms with E-state index in [-0.39, 0.29) is 25.7 Å². The molecular weight excluding hydrogens is 1310 g/mol. The Morgan fingerprint density at radius 3 is 0.830 bits per heavy atom. The van der Waals surface area contributed by atoms with Crippen molar-refractivity contribution in [3.8, 4) is 0 Å². The third-order valence-corrected chi connectivity index (χ3v) is 18.1. The summed E-state index contributed by atoms with van der Waals surface area (Å²) in [6.07, 6.45) is 77.9. The minimum absolute atomic E-state index is 0.0380. The number of hydrogen-bond acceptors (Lipinski definition) is 15. The second-order valence-corrected chi connectivity index (χ2v) is 28.8. The lowest BCUT2D eigenvalue weighted by Crippen LogP contribution is -2.30. The molecule has 0 aromatic heterocycles. The van der Waals surface area contributed by atoms with Crippen LogP contribution in [0.4, 0.5) is 0 Å². The second-order valence-electron chi connectivity index (χ2n) is 25.9. The van der Waals surface area contributed by atoms with E-state index in [0.717, 1.165) is 161 Å². The van der Waals surface area contributed by atoms with Crippen LogP contribution in [-0.4, -0.2) is 96.7 Å². The van der Waals surface area contributed by atoms with Crippen LogP contribution in [0.25, 0.3) is 0 Å². The van der Waals surface area contributed by atoms with E-state index in [1.54, 1.807) is 0 Å². The van der Waals surface area contributed by atoms with Crippen LogP contribution in [0.5, 0.6) is 0 Å². The molecule has 0 rings (SSSR count). The molecule has 19 heteroatoms. The van der Waals surface area contributed by atoms with E-state index in [0.29, 0.717) is 32.1 Å². The van der Waals surface area contributed by atoms with Gasteiger partial charge in [0.05, 0.1) is 26.4 Å². The third-order valence-electron chi connectivity index (χ3n) is 16.2. The summed E-state index contributed by atoms with van der Waals surface area (Å²) in [6.45, 7) is 4.58. The number of hydrogen-bond donors (Lipinski definition) is 3. The average molecular weight is 1450 g/mol. The van der Waals surface area contributed by atoms with Crippen LogP contribution in [0.15, 0.2) is 109 Å². The van der Waals surface area contributed by atoms with Crippen molar-refractivity contribution in [2.24, 2.45) is 0 Å². The minimum Gasteiger partial charge on any atom is -0.462 e. The Hall–Kier alpha value is -4.28. The molecule has 0 aliphatic carbocycles. The van der Waals surface area contributed by atoms with Crippen LogP contribution in [0.2, 0.25) is 0 Å². The van der Waals surface area contributed by atoms with Gasteiger partial charge in [0, 0.05) is 25.7 Å². The molecule has 0 saturated carbocycles. The Balaban J connectivity index is 5.36. The van der Waals surface area contributed by atoms with Gasteiger partial charge in [-0.1, -0.05) is 278 Å². The van der Waals surface area contributed by atoms with Crippen molar-refractivity contribution >= 4 is 39.5 Å². The lowest BCUT2D eigenvalue weighted by Gasteiger charge is -2.21. The highest BCUT2D eigenvalue weighted by atomic mass is 31.2. The van der Waals surface area contributed by atoms with Crippen molar-refractivity contribution in [2.45, 2.75) is 341 Å². The van der Waals surface area contributed by atoms with Gasteiger partial charge in [-0.15, -0.1) is 0 Å². The first-order valence-electron chi connectivity index (χ1n) is 39.1. The Bertz CT molecular complexity index is 2320. The van der Waals surface area contributed by atoms with Crippen molar-refractivity contribution in [2.75, 3.05) is 39.6 Å². The fourth-order valence-electron chi connectivity index (χ4n) is 10.3. The first kappa shape index (κ1) is 95.7. The first-order chi connectivity index (χ1) is 48.7. The van der Waals surface area contributed by atoms with Crippen LogP contribution in [-0.2, 0) is 65.4 Å². The maximum absolute atomic E-state index is 13.1. The average Bonchev–Trinajstić information content (AvgIpc) is 0.985. The zero-order chi connectivity index (χ0) is 73.2. The summed E-state index contributed by atoms with van der Waals surface area (Å²) in [4.78, 5) is 72.9. The Kier molecular flexibility index (Phi) is 69.9. The molecule has 0 saturated heterocycles. The molecule has 576 valence electrons. The standard InChI is InChI=1S/C81H140O17P2/c1-5-9-13-17-21-25-29-32-35-36-37-38-41-43-47-50-54-58-62-66-79(84)92-72-77(98-81(86)68-64-60-56-52-48-44-40-34-31-27-23-19-15-11-7-3)74-96-100(89,90)94-70-75(82)69-93-99(87,88)95-73-76(97-80(85)67-63-59-55-51-45-28-24-20-16-12-8-4)71-91-78(83)65-61-57-53-49-46-42-39-33-30-26-22-18-14-10-6-2/h9,11,13,15,21,23,25,27,32-35,37-40,48,52,75-77,82H,5-8,10,12,14,16-20,22,24,26,28-31,36,41-47,49-51,53-74H2,1-4H3,(H,87,88)(H,89,90)/b13-9-,15-11-,25-21-,27-23-,35-32-,38-37-,39-33-,40-34-,52-48-. The largest absolute Gasteiger partial charge is 0.472 e. The molecule has 0 amide bonds. The number of unbranched alkanes of at least 4 members (excludes halogenated alkanes) is 29. The molecular formula is C81H140O17P2. The van der Waals surface area contributed by atoms with Gasteiger partial charge in [0.1, 0.15) is 19.3 Å². The van der Waals surface area contributed by atoms with Gasteiger partial charge in [-0.3, -0.25) is 37.3 Å². The first-order valence-corrected chi connectivity index (χ1v) is 42.1. The summed E-state index contributed by atoms with van der Waals surface area (Å²) in [5.74, 6) is -2.24. The van der Waals surface area contributed by atoms with Crippen LogP contribution in [0.3, 0.4) is 0 Å². The van der Waals surface area contributed by atoms with Crippen molar-refractivity contribution in [1.82, 2.24) is 0 Å². The summed E-state index contributed by atoms with van der Waals surface area (Å²) in [5, 5.41) is 10.6. The normalized spacial score (nSPS) is 14.5. The lowest BCUT2D eigenvalue weighted by atomic mass is 10.1. The predicted molar refractivity (Wildman–Crippen MR) is 408 cm³/mol. The van der Waals surface area contributed by atoms with Gasteiger partial charge in [-0.05, 0) is 128 Å². The number of aliphatic hydroxyl groups excluding tert-OH is 1. The zero-order valence-electron chi connectivity index (χ0n) is 62.8. The molecule has 0 radical (unpaired) electrons. The predicted octanol–water partition coefficient (Wildman–Crippen LogP) is 22.6. The van der Waals surface area contributed by atoms with E-state index in [4.69, 9.17) is 37.0 Å². The van der Waals surface area contributed by atoms with Crippen LogP contribution in [0.1, 0.15) is 323 Å². The van der Waals surface area contributed by atoms with Gasteiger partial charge in [0.15, 0.2) is 12.2 Å². The van der Waals surface area contributed by atoms with Crippen LogP contribution in [0, 0.1) is 0 Å². The van der Waals surface area contributed by atoms with Gasteiger partial charge in [0.25, 0.3) is 0 Å². The molecule has 17 nitrogen and oxygen atoms in total. The van der Waals surface area contributed by atoms with Gasteiger partial charge < -0.3 is 33.8 Å². The molecule has 5 unspecified atom stereocenters. The smallest absolute Gasteiger partial charge is 0.462 e. The Morgan fingerprint density at radius 2 is 0.520 bits per heavy atom. The van der Waals surface area contributed by atoms with E-state index >= 15 is 0 Å². The van der Waals surface area contributed by atoms with E-state index in [1.165, 1.54) is 77.0 Å². The highest BCUT2D eigenvalue weighted by molar-refractivity contribution is 7.47. The van der Waals surface area contributed by atoms with E-state index in [9.17, 15) is 43.2 Å². The number of esters is 4. The van der Waals surface area contributed by atoms with Crippen LogP contribution >= 0.6 is 15.6 Å². The van der Waals surface area contributed by atoms with E-state index < -0.39 is 97.5 Å². The third kappa shape index (κ3) is 72.1. The minimum atomic E-state index is -4.99. The number of aliphatic hydroxyl groups is 1. The maximum atomic E-state index is 13.1. The van der Waals surface area contributed by atoms with Gasteiger partial charge in [-0.2, -0.15) is 0 Å². The van der Waals surface area contributed by atoms with Crippen LogP contribution < -0.4 is 0 Å². The van der Waals surface area contributed by atoms with Gasteiger partial charge >= 0.3 is 39.5 Å². The summed E-state index contributed by atoms with van der Waals surface area (Å²) in [6, 6.07) is 0. The van der Waals surface area contributed by atoms with E-state index in [1.807, 2.05) is 0 Å². The molecule has 0 bridgehead atoms. The molecule has 0 aromatic carbocycles. The maximum Gasteiger partial charge on any atom is 0.472 e. The molecule has 0 aromatic rings. The number of rotatable bonds is 73. The van der Waals surface area contributed by atoms with Gasteiger partial charge in [0.2, 0.25) is 0 Å². The Labute approximate surface area is 607 Å². The fraction of sp³-hybridized carbons (Fsp3) is 0.728. The number of carbonyl (C=O) groups excluding carboxylic acids is 4. The number of ether oxygens (including phenoxy) is 4. The molecule has 0 aliphatic heterocycles. The second kappa shape index (κ2) is 73.0. The highest BCUT2D eigenvalue weighted by Gasteiger charge is 2.30. The molecule has 0 spiro atoms. The quantitative estimate of drug-likeness (QED) is 0.0169.